The molecule has 0 fully saturated rings. The van der Waals surface area contributed by atoms with Crippen molar-refractivity contribution in [2.24, 2.45) is 0 Å². The molecule has 1 rings (SSSR count). The molecular weight excluding hydrogens is 168 g/mol. The molecule has 2 N–H and O–H groups in total. The van der Waals surface area contributed by atoms with Gasteiger partial charge in [0.25, 0.3) is 0 Å². The second kappa shape index (κ2) is 3.16. The van der Waals surface area contributed by atoms with E-state index in [9.17, 15) is 0 Å². The minimum Gasteiger partial charge on any atom is -0.399 e. The third-order valence-electron chi connectivity index (χ3n) is 1.82. The third-order valence-corrected chi connectivity index (χ3v) is 2.76. The molecule has 3 heteroatoms. The lowest BCUT2D eigenvalue weighted by Crippen LogP contribution is -1.86. The minimum absolute atomic E-state index is 0.391. The highest BCUT2D eigenvalue weighted by Gasteiger charge is 2.15. The molecule has 64 valence electrons. The molecule has 0 saturated carbocycles. The lowest BCUT2D eigenvalue weighted by Gasteiger charge is -2.04. The Morgan fingerprint density at radius 3 is 2.42 bits per heavy atom. The van der Waals surface area contributed by atoms with E-state index in [0.29, 0.717) is 16.6 Å². The van der Waals surface area contributed by atoms with Crippen LogP contribution in [0, 0.1) is 13.5 Å². The molecule has 1 aromatic heterocycles. The van der Waals surface area contributed by atoms with Gasteiger partial charge < -0.3 is 5.73 Å². The van der Waals surface area contributed by atoms with Crippen molar-refractivity contribution in [3.8, 4) is 0 Å². The van der Waals surface area contributed by atoms with Gasteiger partial charge >= 0.3 is 0 Å². The standard InChI is InChI=1S/C9H12N2S/c1-5(2)7-6(3)12-9(10)8(7)11-4/h5H,10H2,1-3H3. The molecule has 0 aliphatic carbocycles. The topological polar surface area (TPSA) is 30.4 Å². The predicted molar refractivity (Wildman–Crippen MR) is 53.8 cm³/mol. The molecule has 0 atom stereocenters. The zero-order chi connectivity index (χ0) is 9.30. The smallest absolute Gasteiger partial charge is 0.223 e. The van der Waals surface area contributed by atoms with Crippen LogP contribution in [0.15, 0.2) is 0 Å². The number of nitrogens with zero attached hydrogens (tertiary/aromatic N) is 1. The molecule has 0 unspecified atom stereocenters. The van der Waals surface area contributed by atoms with Crippen LogP contribution in [0.5, 0.6) is 0 Å². The van der Waals surface area contributed by atoms with E-state index >= 15 is 0 Å². The van der Waals surface area contributed by atoms with E-state index in [1.807, 2.05) is 6.92 Å². The first-order valence-electron chi connectivity index (χ1n) is 3.84. The highest BCUT2D eigenvalue weighted by molar-refractivity contribution is 7.16. The highest BCUT2D eigenvalue weighted by Crippen LogP contribution is 2.41. The van der Waals surface area contributed by atoms with Gasteiger partial charge in [-0.25, -0.2) is 4.85 Å². The average molecular weight is 180 g/mol. The van der Waals surface area contributed by atoms with Crippen molar-refractivity contribution in [3.63, 3.8) is 0 Å². The van der Waals surface area contributed by atoms with E-state index in [0.717, 1.165) is 5.56 Å². The van der Waals surface area contributed by atoms with Crippen molar-refractivity contribution < 1.29 is 0 Å². The first-order valence-corrected chi connectivity index (χ1v) is 4.65. The van der Waals surface area contributed by atoms with E-state index in [1.165, 1.54) is 16.2 Å². The zero-order valence-electron chi connectivity index (χ0n) is 7.51. The van der Waals surface area contributed by atoms with Gasteiger partial charge in [0.05, 0.1) is 11.6 Å². The van der Waals surface area contributed by atoms with Gasteiger partial charge in [0.1, 0.15) is 0 Å². The van der Waals surface area contributed by atoms with Crippen LogP contribution in [0.25, 0.3) is 4.85 Å². The zero-order valence-corrected chi connectivity index (χ0v) is 8.33. The lowest BCUT2D eigenvalue weighted by atomic mass is 10.0. The summed E-state index contributed by atoms with van der Waals surface area (Å²) in [6, 6.07) is 0. The molecule has 0 saturated heterocycles. The monoisotopic (exact) mass is 180 g/mol. The van der Waals surface area contributed by atoms with Gasteiger partial charge in [-0.2, -0.15) is 0 Å². The summed E-state index contributed by atoms with van der Waals surface area (Å²) in [5.41, 5.74) is 7.47. The maximum absolute atomic E-state index is 6.98. The lowest BCUT2D eigenvalue weighted by molar-refractivity contribution is 0.869. The molecule has 0 bridgehead atoms. The summed E-state index contributed by atoms with van der Waals surface area (Å²) in [6.45, 7) is 13.2. The van der Waals surface area contributed by atoms with Crippen LogP contribution in [0.2, 0.25) is 0 Å². The van der Waals surface area contributed by atoms with E-state index in [2.05, 4.69) is 18.7 Å². The molecule has 0 aliphatic heterocycles. The molecule has 0 radical (unpaired) electrons. The van der Waals surface area contributed by atoms with Gasteiger partial charge in [-0.15, -0.1) is 11.3 Å². The van der Waals surface area contributed by atoms with Gasteiger partial charge in [-0.1, -0.05) is 13.8 Å². The van der Waals surface area contributed by atoms with Crippen LogP contribution < -0.4 is 5.73 Å². The van der Waals surface area contributed by atoms with Gasteiger partial charge in [-0.3, -0.25) is 0 Å². The fraction of sp³-hybridized carbons (Fsp3) is 0.444. The van der Waals surface area contributed by atoms with Crippen LogP contribution in [0.4, 0.5) is 10.7 Å². The summed E-state index contributed by atoms with van der Waals surface area (Å²) in [4.78, 5) is 4.62. The highest BCUT2D eigenvalue weighted by atomic mass is 32.1. The summed E-state index contributed by atoms with van der Waals surface area (Å²) in [5.74, 6) is 0.391. The van der Waals surface area contributed by atoms with Crippen molar-refractivity contribution in [1.82, 2.24) is 0 Å². The molecule has 0 aliphatic rings. The van der Waals surface area contributed by atoms with Gasteiger partial charge in [0.15, 0.2) is 0 Å². The Balaban J connectivity index is 3.35. The van der Waals surface area contributed by atoms with Gasteiger partial charge in [-0.05, 0) is 23.3 Å². The quantitative estimate of drug-likeness (QED) is 0.660. The van der Waals surface area contributed by atoms with Crippen LogP contribution in [0.1, 0.15) is 30.2 Å². The summed E-state index contributed by atoms with van der Waals surface area (Å²) >= 11 is 1.51. The molecule has 1 aromatic rings. The van der Waals surface area contributed by atoms with Crippen LogP contribution in [-0.2, 0) is 0 Å². The van der Waals surface area contributed by atoms with Crippen molar-refractivity contribution in [3.05, 3.63) is 21.9 Å². The number of rotatable bonds is 1. The summed E-state index contributed by atoms with van der Waals surface area (Å²) in [5, 5.41) is 0.659. The Kier molecular flexibility index (Phi) is 2.39. The van der Waals surface area contributed by atoms with E-state index in [-0.39, 0.29) is 0 Å². The first-order chi connectivity index (χ1) is 5.57. The summed E-state index contributed by atoms with van der Waals surface area (Å²) in [7, 11) is 0. The van der Waals surface area contributed by atoms with Crippen LogP contribution >= 0.6 is 11.3 Å². The number of hydrogen-bond acceptors (Lipinski definition) is 2. The van der Waals surface area contributed by atoms with E-state index < -0.39 is 0 Å². The Bertz CT molecular complexity index is 331. The number of nitrogen functional groups attached to an aromatic ring is 1. The van der Waals surface area contributed by atoms with Gasteiger partial charge in [0.2, 0.25) is 5.69 Å². The van der Waals surface area contributed by atoms with Crippen molar-refractivity contribution in [1.29, 1.82) is 0 Å². The molecular formula is C9H12N2S. The van der Waals surface area contributed by atoms with Crippen molar-refractivity contribution >= 4 is 22.0 Å². The third kappa shape index (κ3) is 1.30. The van der Waals surface area contributed by atoms with Crippen LogP contribution in [0.3, 0.4) is 0 Å². The molecule has 0 spiro atoms. The maximum Gasteiger partial charge on any atom is 0.223 e. The molecule has 0 aromatic carbocycles. The van der Waals surface area contributed by atoms with Crippen molar-refractivity contribution in [2.45, 2.75) is 26.7 Å². The SMILES string of the molecule is [C-]#[N+]c1c(N)sc(C)c1C(C)C. The summed E-state index contributed by atoms with van der Waals surface area (Å²) < 4.78 is 0. The first kappa shape index (κ1) is 9.08. The summed E-state index contributed by atoms with van der Waals surface area (Å²) in [6.07, 6.45) is 0. The number of aryl methyl sites for hydroxylation is 1. The van der Waals surface area contributed by atoms with Crippen LogP contribution in [-0.4, -0.2) is 0 Å². The molecule has 2 nitrogen and oxygen atoms in total. The van der Waals surface area contributed by atoms with Crippen molar-refractivity contribution in [2.75, 3.05) is 5.73 Å². The number of anilines is 1. The van der Waals surface area contributed by atoms with E-state index in [1.54, 1.807) is 0 Å². The van der Waals surface area contributed by atoms with Gasteiger partial charge in [0, 0.05) is 0 Å². The second-order valence-corrected chi connectivity index (χ2v) is 4.31. The Labute approximate surface area is 76.8 Å². The number of hydrogen-bond donors (Lipinski definition) is 1. The average Bonchev–Trinajstić information content (AvgIpc) is 2.24. The largest absolute Gasteiger partial charge is 0.399 e. The fourth-order valence-corrected chi connectivity index (χ4v) is 2.39. The normalized spacial score (nSPS) is 10.2. The maximum atomic E-state index is 6.98. The Morgan fingerprint density at radius 2 is 2.08 bits per heavy atom. The minimum atomic E-state index is 0.391. The second-order valence-electron chi connectivity index (χ2n) is 3.05. The Hall–Kier alpha value is -1.01. The number of nitrogens with two attached hydrogens (primary N) is 1. The predicted octanol–water partition coefficient (Wildman–Crippen LogP) is 3.31. The molecule has 1 heterocycles. The Morgan fingerprint density at radius 1 is 1.50 bits per heavy atom. The fourth-order valence-electron chi connectivity index (χ4n) is 1.36. The molecule has 0 amide bonds. The van der Waals surface area contributed by atoms with E-state index in [4.69, 9.17) is 12.3 Å². The number of thiophene rings is 1. The molecule has 12 heavy (non-hydrogen) atoms.